The van der Waals surface area contributed by atoms with Crippen molar-refractivity contribution in [3.8, 4) is 5.75 Å². The zero-order valence-corrected chi connectivity index (χ0v) is 17.9. The Hall–Kier alpha value is -3.13. The summed E-state index contributed by atoms with van der Waals surface area (Å²) in [6, 6.07) is 7.69. The maximum Gasteiger partial charge on any atom is 0.230 e. The second kappa shape index (κ2) is 7.23. The summed E-state index contributed by atoms with van der Waals surface area (Å²) in [5.74, 6) is -0.333. The number of aromatic nitrogens is 2. The van der Waals surface area contributed by atoms with Gasteiger partial charge in [-0.15, -0.1) is 0 Å². The molecule has 1 aromatic heterocycles. The van der Waals surface area contributed by atoms with Crippen molar-refractivity contribution in [1.29, 1.82) is 0 Å². The molecular weight excluding hydrogens is 396 g/mol. The summed E-state index contributed by atoms with van der Waals surface area (Å²) in [5.41, 5.74) is 1.22. The van der Waals surface area contributed by atoms with Gasteiger partial charge in [0.05, 0.1) is 37.8 Å². The van der Waals surface area contributed by atoms with Crippen molar-refractivity contribution in [3.63, 3.8) is 0 Å². The van der Waals surface area contributed by atoms with Gasteiger partial charge < -0.3 is 19.3 Å². The molecule has 2 aromatic rings. The lowest BCUT2D eigenvalue weighted by atomic mass is 9.76. The van der Waals surface area contributed by atoms with Gasteiger partial charge in [0.2, 0.25) is 11.8 Å². The second-order valence-corrected chi connectivity index (χ2v) is 8.66. The van der Waals surface area contributed by atoms with E-state index in [9.17, 15) is 9.59 Å². The first-order chi connectivity index (χ1) is 14.9. The van der Waals surface area contributed by atoms with Gasteiger partial charge in [-0.3, -0.25) is 14.3 Å². The number of amides is 2. The van der Waals surface area contributed by atoms with Gasteiger partial charge >= 0.3 is 0 Å². The summed E-state index contributed by atoms with van der Waals surface area (Å²) in [7, 11) is 5.24. The minimum absolute atomic E-state index is 0.0252. The third kappa shape index (κ3) is 3.22. The van der Waals surface area contributed by atoms with E-state index in [0.717, 1.165) is 16.9 Å². The minimum Gasteiger partial charge on any atom is -0.497 e. The van der Waals surface area contributed by atoms with E-state index in [1.54, 1.807) is 34.8 Å². The van der Waals surface area contributed by atoms with E-state index in [4.69, 9.17) is 9.47 Å². The van der Waals surface area contributed by atoms with Crippen LogP contribution in [0.25, 0.3) is 0 Å². The van der Waals surface area contributed by atoms with Gasteiger partial charge in [-0.2, -0.15) is 5.10 Å². The van der Waals surface area contributed by atoms with Crippen LogP contribution in [0.15, 0.2) is 48.8 Å². The molecule has 162 valence electrons. The molecule has 1 aromatic carbocycles. The molecule has 3 aliphatic heterocycles. The highest BCUT2D eigenvalue weighted by Gasteiger charge is 2.67. The number of carbonyl (C=O) groups excluding carboxylic acids is 2. The molecule has 2 fully saturated rings. The number of likely N-dealkylation sites (tertiary alicyclic amines) is 1. The maximum atomic E-state index is 13.4. The van der Waals surface area contributed by atoms with Crippen LogP contribution in [0.2, 0.25) is 0 Å². The molecule has 2 saturated heterocycles. The maximum absolute atomic E-state index is 13.4. The minimum atomic E-state index is -0.712. The largest absolute Gasteiger partial charge is 0.497 e. The molecule has 4 heterocycles. The zero-order valence-electron chi connectivity index (χ0n) is 17.9. The summed E-state index contributed by atoms with van der Waals surface area (Å²) in [5, 5.41) is 4.16. The molecule has 3 aliphatic rings. The third-order valence-corrected chi connectivity index (χ3v) is 6.53. The Morgan fingerprint density at radius 3 is 2.97 bits per heavy atom. The van der Waals surface area contributed by atoms with Crippen molar-refractivity contribution < 1.29 is 19.1 Å². The predicted molar refractivity (Wildman–Crippen MR) is 112 cm³/mol. The van der Waals surface area contributed by atoms with Crippen LogP contribution < -0.4 is 4.74 Å². The Balaban J connectivity index is 1.35. The average molecular weight is 422 g/mol. The van der Waals surface area contributed by atoms with Gasteiger partial charge in [-0.25, -0.2) is 0 Å². The fourth-order valence-corrected chi connectivity index (χ4v) is 5.15. The first-order valence-electron chi connectivity index (χ1n) is 10.4. The summed E-state index contributed by atoms with van der Waals surface area (Å²) in [6.07, 6.45) is 7.21. The van der Waals surface area contributed by atoms with Gasteiger partial charge in [-0.1, -0.05) is 24.3 Å². The molecule has 8 heteroatoms. The van der Waals surface area contributed by atoms with Crippen LogP contribution in [0.4, 0.5) is 0 Å². The standard InChI is InChI=1S/C23H26N4O4/c1-25(11-16-10-24-26(2)12-16)21(28)19-18-7-8-23(31-18)14-27(22(29)20(19)23)13-15-5-4-6-17(9-15)30-3/h4-10,12,18-20H,11,13-14H2,1-3H3/t18-,19?,20?,23-/m1/s1. The Labute approximate surface area is 181 Å². The predicted octanol–water partition coefficient (Wildman–Crippen LogP) is 1.37. The van der Waals surface area contributed by atoms with E-state index in [1.807, 2.05) is 49.7 Å². The van der Waals surface area contributed by atoms with E-state index in [2.05, 4.69) is 5.10 Å². The molecule has 1 spiro atoms. The number of ether oxygens (including phenoxy) is 2. The summed E-state index contributed by atoms with van der Waals surface area (Å²) >= 11 is 0. The fourth-order valence-electron chi connectivity index (χ4n) is 5.15. The zero-order chi connectivity index (χ0) is 21.8. The quantitative estimate of drug-likeness (QED) is 0.658. The molecular formula is C23H26N4O4. The van der Waals surface area contributed by atoms with E-state index >= 15 is 0 Å². The molecule has 0 N–H and O–H groups in total. The molecule has 2 unspecified atom stereocenters. The van der Waals surface area contributed by atoms with E-state index < -0.39 is 17.4 Å². The van der Waals surface area contributed by atoms with Crippen LogP contribution >= 0.6 is 0 Å². The van der Waals surface area contributed by atoms with Crippen molar-refractivity contribution >= 4 is 11.8 Å². The molecule has 31 heavy (non-hydrogen) atoms. The topological polar surface area (TPSA) is 76.9 Å². The second-order valence-electron chi connectivity index (χ2n) is 8.66. The van der Waals surface area contributed by atoms with Crippen LogP contribution in [-0.2, 0) is 34.5 Å². The molecule has 0 radical (unpaired) electrons. The van der Waals surface area contributed by atoms with Crippen molar-refractivity contribution in [2.75, 3.05) is 20.7 Å². The summed E-state index contributed by atoms with van der Waals surface area (Å²) in [4.78, 5) is 30.3. The normalized spacial score (nSPS) is 28.3. The first-order valence-corrected chi connectivity index (χ1v) is 10.4. The van der Waals surface area contributed by atoms with Crippen LogP contribution in [0.5, 0.6) is 5.75 Å². The van der Waals surface area contributed by atoms with E-state index in [1.165, 1.54) is 0 Å². The Morgan fingerprint density at radius 1 is 1.39 bits per heavy atom. The lowest BCUT2D eigenvalue weighted by molar-refractivity contribution is -0.142. The van der Waals surface area contributed by atoms with Gasteiger partial charge in [0.15, 0.2) is 0 Å². The number of rotatable bonds is 6. The highest BCUT2D eigenvalue weighted by atomic mass is 16.5. The Morgan fingerprint density at radius 2 is 2.23 bits per heavy atom. The van der Waals surface area contributed by atoms with Crippen LogP contribution in [0.3, 0.4) is 0 Å². The van der Waals surface area contributed by atoms with Crippen LogP contribution in [0, 0.1) is 11.8 Å². The van der Waals surface area contributed by atoms with Crippen LogP contribution in [-0.4, -0.2) is 63.8 Å². The van der Waals surface area contributed by atoms with E-state index in [0.29, 0.717) is 19.6 Å². The van der Waals surface area contributed by atoms with Crippen molar-refractivity contribution in [3.05, 3.63) is 59.9 Å². The molecule has 4 atom stereocenters. The van der Waals surface area contributed by atoms with E-state index in [-0.39, 0.29) is 17.9 Å². The molecule has 0 saturated carbocycles. The Bertz CT molecular complexity index is 1060. The first kappa shape index (κ1) is 19.8. The number of aryl methyl sites for hydroxylation is 1. The number of carbonyl (C=O) groups is 2. The number of hydrogen-bond donors (Lipinski definition) is 0. The SMILES string of the molecule is COc1cccc(CN2C[C@@]34C=C[C@@H](O3)C(C(=O)N(C)Cc3cnn(C)c3)C4C2=O)c1. The van der Waals surface area contributed by atoms with Crippen LogP contribution in [0.1, 0.15) is 11.1 Å². The Kier molecular flexibility index (Phi) is 4.62. The average Bonchev–Trinajstić information content (AvgIpc) is 3.50. The van der Waals surface area contributed by atoms with Gasteiger partial charge in [0.25, 0.3) is 0 Å². The number of hydrogen-bond acceptors (Lipinski definition) is 5. The smallest absolute Gasteiger partial charge is 0.230 e. The summed E-state index contributed by atoms with van der Waals surface area (Å²) < 4.78 is 13.3. The lowest BCUT2D eigenvalue weighted by Gasteiger charge is -2.27. The fraction of sp³-hybridized carbons (Fsp3) is 0.435. The van der Waals surface area contributed by atoms with Gasteiger partial charge in [-0.05, 0) is 17.7 Å². The highest BCUT2D eigenvalue weighted by Crippen LogP contribution is 2.52. The van der Waals surface area contributed by atoms with Crippen molar-refractivity contribution in [1.82, 2.24) is 19.6 Å². The number of nitrogens with zero attached hydrogens (tertiary/aromatic N) is 4. The van der Waals surface area contributed by atoms with Crippen molar-refractivity contribution in [2.45, 2.75) is 24.8 Å². The lowest BCUT2D eigenvalue weighted by Crippen LogP contribution is -2.44. The summed E-state index contributed by atoms with van der Waals surface area (Å²) in [6.45, 7) is 1.36. The number of fused-ring (bicyclic) bond motifs is 1. The molecule has 8 nitrogen and oxygen atoms in total. The number of benzene rings is 1. The van der Waals surface area contributed by atoms with Gasteiger partial charge in [0.1, 0.15) is 11.4 Å². The van der Waals surface area contributed by atoms with Gasteiger partial charge in [0, 0.05) is 38.9 Å². The number of methoxy groups -OCH3 is 1. The monoisotopic (exact) mass is 422 g/mol. The van der Waals surface area contributed by atoms with Crippen molar-refractivity contribution in [2.24, 2.45) is 18.9 Å². The highest BCUT2D eigenvalue weighted by molar-refractivity contribution is 5.93. The molecule has 2 amide bonds. The third-order valence-electron chi connectivity index (χ3n) is 6.53. The molecule has 5 rings (SSSR count). The molecule has 2 bridgehead atoms. The molecule has 0 aliphatic carbocycles.